The Kier molecular flexibility index (Phi) is 14.8. The van der Waals surface area contributed by atoms with Gasteiger partial charge >= 0.3 is 6.09 Å². The number of carbonyl (C=O) groups is 3. The van der Waals surface area contributed by atoms with E-state index in [1.807, 2.05) is 22.6 Å². The van der Waals surface area contributed by atoms with Crippen LogP contribution in [0.15, 0.2) is 119 Å². The van der Waals surface area contributed by atoms with Crippen LogP contribution in [0.1, 0.15) is 64.6 Å². The van der Waals surface area contributed by atoms with E-state index in [2.05, 4.69) is 20.2 Å². The van der Waals surface area contributed by atoms with Crippen LogP contribution in [0.4, 0.5) is 4.79 Å². The van der Waals surface area contributed by atoms with Crippen molar-refractivity contribution in [2.75, 3.05) is 34.4 Å². The van der Waals surface area contributed by atoms with Gasteiger partial charge in [-0.15, -0.1) is 5.10 Å². The second kappa shape index (κ2) is 20.7. The number of imide groups is 1. The number of nitrogens with one attached hydrogen (secondary N) is 1. The van der Waals surface area contributed by atoms with Gasteiger partial charge in [-0.25, -0.2) is 31.0 Å². The first-order valence-electron chi connectivity index (χ1n) is 22.3. The summed E-state index contributed by atoms with van der Waals surface area (Å²) in [5, 5.41) is 12.5. The molecule has 372 valence electrons. The molecule has 22 heteroatoms. The van der Waals surface area contributed by atoms with Crippen molar-refractivity contribution in [3.63, 3.8) is 0 Å². The average Bonchev–Trinajstić information content (AvgIpc) is 4.04. The van der Waals surface area contributed by atoms with Crippen LogP contribution in [-0.2, 0) is 44.4 Å². The van der Waals surface area contributed by atoms with Crippen LogP contribution < -0.4 is 18.9 Å². The van der Waals surface area contributed by atoms with Gasteiger partial charge in [0.05, 0.1) is 50.6 Å². The molecule has 3 heterocycles. The van der Waals surface area contributed by atoms with Gasteiger partial charge in [0.25, 0.3) is 11.8 Å². The molecule has 5 aromatic carbocycles. The highest BCUT2D eigenvalue weighted by Crippen LogP contribution is 2.39. The number of methoxy groups -OCH3 is 3. The Bertz CT molecular complexity index is 3100. The number of sulfonamides is 2. The van der Waals surface area contributed by atoms with E-state index in [0.717, 1.165) is 10.5 Å². The van der Waals surface area contributed by atoms with Gasteiger partial charge in [-0.3, -0.25) is 14.5 Å². The summed E-state index contributed by atoms with van der Waals surface area (Å²) < 4.78 is 89.8. The third-order valence-corrected chi connectivity index (χ3v) is 16.3. The van der Waals surface area contributed by atoms with Crippen LogP contribution in [-0.4, -0.2) is 121 Å². The van der Waals surface area contributed by atoms with Crippen molar-refractivity contribution in [1.82, 2.24) is 39.0 Å². The molecule has 6 aromatic rings. The van der Waals surface area contributed by atoms with Gasteiger partial charge in [0, 0.05) is 35.8 Å². The number of carbonyl (C=O) groups excluding carboxylic acids is 3. The van der Waals surface area contributed by atoms with Gasteiger partial charge < -0.3 is 23.8 Å². The zero-order valence-corrected chi connectivity index (χ0v) is 43.4. The predicted octanol–water partition coefficient (Wildman–Crippen LogP) is 6.36. The highest BCUT2D eigenvalue weighted by Gasteiger charge is 2.45. The van der Waals surface area contributed by atoms with Gasteiger partial charge in [-0.05, 0) is 138 Å². The minimum Gasteiger partial charge on any atom is -0.497 e. The zero-order chi connectivity index (χ0) is 50.8. The van der Waals surface area contributed by atoms with Crippen molar-refractivity contribution < 1.29 is 50.2 Å². The molecule has 1 fully saturated rings. The van der Waals surface area contributed by atoms with Crippen molar-refractivity contribution in [2.24, 2.45) is 0 Å². The lowest BCUT2D eigenvalue weighted by atomic mass is 10.1. The van der Waals surface area contributed by atoms with E-state index in [4.69, 9.17) is 18.9 Å². The number of rotatable bonds is 17. The first-order chi connectivity index (χ1) is 33.8. The fourth-order valence-corrected chi connectivity index (χ4v) is 13.0. The minimum atomic E-state index is -4.91. The summed E-state index contributed by atoms with van der Waals surface area (Å²) in [5.41, 5.74) is 1.26. The Labute approximate surface area is 425 Å². The molecule has 0 aliphatic carbocycles. The number of halogens is 1. The summed E-state index contributed by atoms with van der Waals surface area (Å²) in [6.07, 6.45) is -0.871. The van der Waals surface area contributed by atoms with E-state index in [9.17, 15) is 14.4 Å². The topological polar surface area (TPSA) is 222 Å². The first kappa shape index (κ1) is 50.9. The Morgan fingerprint density at radius 3 is 1.79 bits per heavy atom. The lowest BCUT2D eigenvalue weighted by Crippen LogP contribution is -2.46. The number of tetrazole rings is 1. The van der Waals surface area contributed by atoms with E-state index < -0.39 is 65.4 Å². The highest BCUT2D eigenvalue weighted by molar-refractivity contribution is 14.1. The summed E-state index contributed by atoms with van der Waals surface area (Å²) in [6, 6.07) is 27.9. The number of amides is 3. The maximum absolute atomic E-state index is 15.9. The minimum absolute atomic E-state index is 0.0346. The van der Waals surface area contributed by atoms with E-state index in [1.54, 1.807) is 125 Å². The first-order valence-corrected chi connectivity index (χ1v) is 26.3. The molecule has 1 saturated heterocycles. The predicted molar refractivity (Wildman–Crippen MR) is 268 cm³/mol. The number of ether oxygens (including phenoxy) is 4. The van der Waals surface area contributed by atoms with Gasteiger partial charge in [-0.1, -0.05) is 48.5 Å². The van der Waals surface area contributed by atoms with Crippen molar-refractivity contribution in [3.8, 4) is 28.6 Å². The Balaban J connectivity index is 1.23. The summed E-state index contributed by atoms with van der Waals surface area (Å²) in [6.45, 7) is 4.17. The number of nitrogens with zero attached hydrogens (tertiary/aromatic N) is 7. The summed E-state index contributed by atoms with van der Waals surface area (Å²) in [5.74, 6) is 0.562. The maximum atomic E-state index is 15.9. The third-order valence-electron chi connectivity index (χ3n) is 11.9. The molecular weight excluding hydrogens is 1070 g/mol. The summed E-state index contributed by atoms with van der Waals surface area (Å²) in [4.78, 5) is 42.1. The van der Waals surface area contributed by atoms with Crippen LogP contribution in [0.2, 0.25) is 0 Å². The molecule has 0 spiro atoms. The van der Waals surface area contributed by atoms with Crippen molar-refractivity contribution >= 4 is 60.5 Å². The monoisotopic (exact) mass is 1120 g/mol. The fourth-order valence-electron chi connectivity index (χ4n) is 8.45. The molecule has 8 rings (SSSR count). The number of aromatic nitrogens is 4. The number of hydrogen-bond acceptors (Lipinski definition) is 14. The third kappa shape index (κ3) is 11.1. The van der Waals surface area contributed by atoms with E-state index >= 15 is 16.8 Å². The quantitative estimate of drug-likeness (QED) is 0.0776. The van der Waals surface area contributed by atoms with Gasteiger partial charge in [0.15, 0.2) is 5.82 Å². The van der Waals surface area contributed by atoms with Crippen LogP contribution in [0.5, 0.6) is 17.2 Å². The number of benzene rings is 5. The van der Waals surface area contributed by atoms with Gasteiger partial charge in [0.1, 0.15) is 32.6 Å². The van der Waals surface area contributed by atoms with Crippen molar-refractivity contribution in [3.05, 3.63) is 141 Å². The van der Waals surface area contributed by atoms with Crippen molar-refractivity contribution in [1.29, 1.82) is 0 Å². The lowest BCUT2D eigenvalue weighted by Gasteiger charge is -2.30. The van der Waals surface area contributed by atoms with Crippen LogP contribution in [0.3, 0.4) is 0 Å². The number of likely N-dealkylation sites (tertiary alicyclic amines) is 1. The molecule has 2 aliphatic rings. The van der Waals surface area contributed by atoms with Crippen LogP contribution in [0.25, 0.3) is 11.4 Å². The summed E-state index contributed by atoms with van der Waals surface area (Å²) >= 11 is 1.95. The van der Waals surface area contributed by atoms with Crippen LogP contribution >= 0.6 is 22.6 Å². The molecule has 1 N–H and O–H groups in total. The van der Waals surface area contributed by atoms with Gasteiger partial charge in [0.2, 0.25) is 20.0 Å². The molecule has 3 amide bonds. The Morgan fingerprint density at radius 2 is 1.28 bits per heavy atom. The second-order valence-electron chi connectivity index (χ2n) is 17.8. The standard InChI is InChI=1S/C49H51IN8O11S2/c1-49(2,3)69-48(61)56-29-34(25-35(56)30-57-46(59)39-9-7-8-10-40(39)47(57)60)52-70(62,63)42-24-23-41(50)43(45-51-53-54-58(45)28-33-15-21-38(68-6)22-16-33)44(42)71(64,65)55(26-31-11-17-36(66-4)18-12-31)27-32-13-19-37(67-5)20-14-32/h7-24,34-35,52H,25-30H2,1-6H3/t34-,35-/m1/s1. The van der Waals surface area contributed by atoms with Gasteiger partial charge in [-0.2, -0.15) is 4.31 Å². The van der Waals surface area contributed by atoms with Crippen molar-refractivity contribution in [2.45, 2.75) is 74.3 Å². The smallest absolute Gasteiger partial charge is 0.410 e. The molecule has 2 aliphatic heterocycles. The molecule has 0 radical (unpaired) electrons. The molecule has 0 unspecified atom stereocenters. The molecule has 0 saturated carbocycles. The number of fused-ring (bicyclic) bond motifs is 1. The molecule has 0 bridgehead atoms. The normalized spacial score (nSPS) is 16.1. The molecule has 71 heavy (non-hydrogen) atoms. The zero-order valence-electron chi connectivity index (χ0n) is 39.6. The molecular formula is C49H51IN8O11S2. The Hall–Kier alpha value is -6.47. The molecule has 19 nitrogen and oxygen atoms in total. The van der Waals surface area contributed by atoms with E-state index in [0.29, 0.717) is 31.9 Å². The molecule has 2 atom stereocenters. The van der Waals surface area contributed by atoms with E-state index in [1.165, 1.54) is 40.2 Å². The average molecular weight is 1120 g/mol. The maximum Gasteiger partial charge on any atom is 0.410 e. The Morgan fingerprint density at radius 1 is 0.761 bits per heavy atom. The largest absolute Gasteiger partial charge is 0.497 e. The fraction of sp³-hybridized carbons (Fsp3) is 0.306. The van der Waals surface area contributed by atoms with Crippen LogP contribution in [0, 0.1) is 3.57 Å². The highest BCUT2D eigenvalue weighted by atomic mass is 127. The second-order valence-corrected chi connectivity index (χ2v) is 22.6. The summed E-state index contributed by atoms with van der Waals surface area (Å²) in [7, 11) is -5.21. The molecule has 1 aromatic heterocycles. The SMILES string of the molecule is COc1ccc(CN(Cc2ccc(OC)cc2)S(=O)(=O)c2c(S(=O)(=O)N[C@@H]3C[C@H](CN4C(=O)c5ccccc5C4=O)N(C(=O)OC(C)(C)C)C3)ccc(I)c2-c2nnnn2Cc2ccc(OC)cc2)cc1. The van der Waals surface area contributed by atoms with E-state index in [-0.39, 0.29) is 61.7 Å². The lowest BCUT2D eigenvalue weighted by molar-refractivity contribution is 0.0189. The number of hydrogen-bond donors (Lipinski definition) is 1.